The summed E-state index contributed by atoms with van der Waals surface area (Å²) in [5.74, 6) is 0.668. The molecule has 0 unspecified atom stereocenters. The number of ether oxygens (including phenoxy) is 1. The average Bonchev–Trinajstić information content (AvgIpc) is 3.00. The lowest BCUT2D eigenvalue weighted by Gasteiger charge is -2.33. The highest BCUT2D eigenvalue weighted by molar-refractivity contribution is 7.89. The molecule has 1 aromatic heterocycles. The van der Waals surface area contributed by atoms with Gasteiger partial charge in [-0.3, -0.25) is 4.90 Å². The van der Waals surface area contributed by atoms with Crippen molar-refractivity contribution in [3.8, 4) is 5.75 Å². The van der Waals surface area contributed by atoms with Crippen LogP contribution in [0, 0.1) is 3.95 Å². The van der Waals surface area contributed by atoms with E-state index in [-0.39, 0.29) is 5.54 Å². The molecule has 1 aliphatic rings. The molecule has 0 atom stereocenters. The first-order chi connectivity index (χ1) is 14.1. The van der Waals surface area contributed by atoms with E-state index in [9.17, 15) is 8.42 Å². The van der Waals surface area contributed by atoms with Crippen molar-refractivity contribution in [2.75, 3.05) is 38.1 Å². The highest BCUT2D eigenvalue weighted by Gasteiger charge is 2.28. The number of nitrogens with one attached hydrogen (secondary N) is 1. The molecule has 0 saturated carbocycles. The number of aromatic nitrogens is 2. The Kier molecular flexibility index (Phi) is 7.18. The van der Waals surface area contributed by atoms with Crippen molar-refractivity contribution < 1.29 is 13.2 Å². The number of hydrogen-bond acceptors (Lipinski definition) is 8. The Bertz CT molecular complexity index is 1000. The molecule has 0 bridgehead atoms. The molecule has 0 spiro atoms. The van der Waals surface area contributed by atoms with Gasteiger partial charge in [0, 0.05) is 31.7 Å². The van der Waals surface area contributed by atoms with Crippen LogP contribution in [0.2, 0.25) is 0 Å². The third-order valence-corrected chi connectivity index (χ3v) is 7.66. The quantitative estimate of drug-likeness (QED) is 0.621. The van der Waals surface area contributed by atoms with Crippen LogP contribution in [0.1, 0.15) is 27.7 Å². The van der Waals surface area contributed by atoms with E-state index in [1.165, 1.54) is 15.6 Å². The van der Waals surface area contributed by atoms with E-state index in [1.807, 2.05) is 6.92 Å². The Morgan fingerprint density at radius 2 is 1.80 bits per heavy atom. The maximum absolute atomic E-state index is 12.9. The summed E-state index contributed by atoms with van der Waals surface area (Å²) in [4.78, 5) is 2.46. The molecule has 2 aromatic rings. The van der Waals surface area contributed by atoms with Gasteiger partial charge < -0.3 is 10.1 Å². The van der Waals surface area contributed by atoms with Crippen molar-refractivity contribution in [3.63, 3.8) is 0 Å². The Morgan fingerprint density at radius 3 is 2.37 bits per heavy atom. The lowest BCUT2D eigenvalue weighted by atomic mass is 10.1. The fourth-order valence-corrected chi connectivity index (χ4v) is 5.71. The van der Waals surface area contributed by atoms with Crippen LogP contribution < -0.4 is 10.1 Å². The van der Waals surface area contributed by atoms with E-state index in [0.717, 1.165) is 5.13 Å². The standard InChI is InChI=1S/C19H29N5O3S3/c1-5-27-15-6-8-16(9-7-15)30(25,26)23-12-10-22(11-13-23)14-24-18(28)29-17(21-24)20-19(2,3)4/h6-9H,5,10-14H2,1-4H3,(H,20,21). The number of anilines is 1. The molecule has 1 aromatic carbocycles. The monoisotopic (exact) mass is 471 g/mol. The molecular weight excluding hydrogens is 442 g/mol. The summed E-state index contributed by atoms with van der Waals surface area (Å²) >= 11 is 6.89. The minimum absolute atomic E-state index is 0.0850. The molecule has 2 heterocycles. The molecule has 0 amide bonds. The predicted octanol–water partition coefficient (Wildman–Crippen LogP) is 3.25. The summed E-state index contributed by atoms with van der Waals surface area (Å²) in [6, 6.07) is 6.59. The maximum Gasteiger partial charge on any atom is 0.243 e. The van der Waals surface area contributed by atoms with Crippen molar-refractivity contribution in [3.05, 3.63) is 28.2 Å². The molecule has 8 nitrogen and oxygen atoms in total. The van der Waals surface area contributed by atoms with Gasteiger partial charge in [0.05, 0.1) is 18.2 Å². The summed E-state index contributed by atoms with van der Waals surface area (Å²) in [5.41, 5.74) is -0.0850. The number of hydrogen-bond donors (Lipinski definition) is 1. The molecule has 11 heteroatoms. The zero-order chi connectivity index (χ0) is 21.9. The van der Waals surface area contributed by atoms with Gasteiger partial charge in [-0.2, -0.15) is 4.31 Å². The van der Waals surface area contributed by atoms with Gasteiger partial charge >= 0.3 is 0 Å². The number of nitrogens with zero attached hydrogens (tertiary/aromatic N) is 4. The van der Waals surface area contributed by atoms with E-state index < -0.39 is 10.0 Å². The lowest BCUT2D eigenvalue weighted by molar-refractivity contribution is 0.145. The molecule has 1 saturated heterocycles. The Hall–Kier alpha value is -1.53. The van der Waals surface area contributed by atoms with Crippen LogP contribution in [0.3, 0.4) is 0 Å². The molecule has 30 heavy (non-hydrogen) atoms. The molecule has 3 rings (SSSR count). The molecule has 1 aliphatic heterocycles. The number of sulfonamides is 1. The van der Waals surface area contributed by atoms with Gasteiger partial charge in [-0.25, -0.2) is 13.1 Å². The molecule has 0 aliphatic carbocycles. The van der Waals surface area contributed by atoms with Crippen LogP contribution in [0.5, 0.6) is 5.75 Å². The zero-order valence-electron chi connectivity index (χ0n) is 17.8. The van der Waals surface area contributed by atoms with Crippen LogP contribution in [-0.4, -0.2) is 65.7 Å². The first kappa shape index (κ1) is 23.1. The normalized spacial score (nSPS) is 16.5. The minimum Gasteiger partial charge on any atom is -0.494 e. The zero-order valence-corrected chi connectivity index (χ0v) is 20.2. The third-order valence-electron chi connectivity index (χ3n) is 4.53. The SMILES string of the molecule is CCOc1ccc(S(=O)(=O)N2CCN(Cn3nc(NC(C)(C)C)sc3=S)CC2)cc1. The first-order valence-electron chi connectivity index (χ1n) is 9.90. The van der Waals surface area contributed by atoms with E-state index in [1.54, 1.807) is 28.9 Å². The molecule has 1 fully saturated rings. The minimum atomic E-state index is -3.51. The fraction of sp³-hybridized carbons (Fsp3) is 0.579. The highest BCUT2D eigenvalue weighted by atomic mass is 32.2. The Balaban J connectivity index is 1.60. The number of piperazine rings is 1. The smallest absolute Gasteiger partial charge is 0.243 e. The molecule has 166 valence electrons. The maximum atomic E-state index is 12.9. The third kappa shape index (κ3) is 5.79. The summed E-state index contributed by atoms with van der Waals surface area (Å²) in [6.07, 6.45) is 0. The van der Waals surface area contributed by atoms with Crippen molar-refractivity contribution >= 4 is 38.7 Å². The second-order valence-corrected chi connectivity index (χ2v) is 11.7. The first-order valence-corrected chi connectivity index (χ1v) is 12.6. The van der Waals surface area contributed by atoms with Gasteiger partial charge in [0.25, 0.3) is 0 Å². The molecule has 1 N–H and O–H groups in total. The van der Waals surface area contributed by atoms with Gasteiger partial charge in [-0.15, -0.1) is 5.10 Å². The summed E-state index contributed by atoms with van der Waals surface area (Å²) in [6.45, 7) is 11.3. The number of benzene rings is 1. The predicted molar refractivity (Wildman–Crippen MR) is 122 cm³/mol. The topological polar surface area (TPSA) is 79.7 Å². The van der Waals surface area contributed by atoms with Crippen LogP contribution in [0.25, 0.3) is 0 Å². The van der Waals surface area contributed by atoms with Crippen molar-refractivity contribution in [2.45, 2.75) is 44.8 Å². The van der Waals surface area contributed by atoms with Crippen molar-refractivity contribution in [2.24, 2.45) is 0 Å². The highest BCUT2D eigenvalue weighted by Crippen LogP contribution is 2.22. The van der Waals surface area contributed by atoms with E-state index in [0.29, 0.717) is 54.1 Å². The second-order valence-electron chi connectivity index (χ2n) is 8.12. The van der Waals surface area contributed by atoms with Crippen molar-refractivity contribution in [1.82, 2.24) is 19.0 Å². The largest absolute Gasteiger partial charge is 0.494 e. The van der Waals surface area contributed by atoms with Gasteiger partial charge in [-0.05, 0) is 64.2 Å². The summed E-state index contributed by atoms with van der Waals surface area (Å²) in [7, 11) is -3.51. The van der Waals surface area contributed by atoms with E-state index >= 15 is 0 Å². The Labute approximate surface area is 187 Å². The molecule has 0 radical (unpaired) electrons. The van der Waals surface area contributed by atoms with Gasteiger partial charge in [0.15, 0.2) is 3.95 Å². The van der Waals surface area contributed by atoms with Crippen molar-refractivity contribution in [1.29, 1.82) is 0 Å². The van der Waals surface area contributed by atoms with E-state index in [2.05, 4.69) is 36.1 Å². The molecular formula is C19H29N5O3S3. The number of rotatable bonds is 7. The summed E-state index contributed by atoms with van der Waals surface area (Å²) in [5, 5.41) is 8.70. The summed E-state index contributed by atoms with van der Waals surface area (Å²) < 4.78 is 35.3. The average molecular weight is 472 g/mol. The fourth-order valence-electron chi connectivity index (χ4n) is 3.09. The van der Waals surface area contributed by atoms with Crippen LogP contribution >= 0.6 is 23.6 Å². The van der Waals surface area contributed by atoms with Crippen LogP contribution in [-0.2, 0) is 16.7 Å². The van der Waals surface area contributed by atoms with Gasteiger partial charge in [-0.1, -0.05) is 11.3 Å². The van der Waals surface area contributed by atoms with Gasteiger partial charge in [0.2, 0.25) is 15.2 Å². The lowest BCUT2D eigenvalue weighted by Crippen LogP contribution is -2.48. The Morgan fingerprint density at radius 1 is 1.17 bits per heavy atom. The van der Waals surface area contributed by atoms with Gasteiger partial charge in [0.1, 0.15) is 5.75 Å². The second kappa shape index (κ2) is 9.31. The van der Waals surface area contributed by atoms with Crippen LogP contribution in [0.15, 0.2) is 29.2 Å². The van der Waals surface area contributed by atoms with Crippen LogP contribution in [0.4, 0.5) is 5.13 Å². The van der Waals surface area contributed by atoms with E-state index in [4.69, 9.17) is 17.0 Å².